The molecule has 0 spiro atoms. The van der Waals surface area contributed by atoms with Crippen molar-refractivity contribution in [1.82, 2.24) is 0 Å². The minimum Gasteiger partial charge on any atom is -0.202 e. The number of rotatable bonds is 10. The van der Waals surface area contributed by atoms with Gasteiger partial charge in [-0.15, -0.1) is 4.28 Å². The molecule has 0 bridgehead atoms. The van der Waals surface area contributed by atoms with Gasteiger partial charge in [-0.3, -0.25) is 0 Å². The lowest BCUT2D eigenvalue weighted by Gasteiger charge is -2.32. The maximum atomic E-state index is 12.5. The zero-order valence-electron chi connectivity index (χ0n) is 17.6. The SMILES string of the molecule is CCCCc1ccc2c(c1)Sc1c(CCCC)cccc1N2OS(=O)(=O)CCC. The smallest absolute Gasteiger partial charge is 0.202 e. The van der Waals surface area contributed by atoms with Crippen LogP contribution in [0.25, 0.3) is 0 Å². The molecule has 0 amide bonds. The molecule has 2 aromatic carbocycles. The summed E-state index contributed by atoms with van der Waals surface area (Å²) in [6.07, 6.45) is 7.06. The Morgan fingerprint density at radius 2 is 1.69 bits per heavy atom. The van der Waals surface area contributed by atoms with Crippen molar-refractivity contribution in [3.63, 3.8) is 0 Å². The fraction of sp³-hybridized carbons (Fsp3) is 0.478. The van der Waals surface area contributed by atoms with Crippen molar-refractivity contribution in [2.75, 3.05) is 10.8 Å². The summed E-state index contributed by atoms with van der Waals surface area (Å²) in [7, 11) is -3.65. The largest absolute Gasteiger partial charge is 0.288 e. The van der Waals surface area contributed by atoms with Gasteiger partial charge >= 0.3 is 0 Å². The lowest BCUT2D eigenvalue weighted by Crippen LogP contribution is -2.27. The average Bonchev–Trinajstić information content (AvgIpc) is 2.70. The number of benzene rings is 2. The van der Waals surface area contributed by atoms with E-state index >= 15 is 0 Å². The number of anilines is 2. The summed E-state index contributed by atoms with van der Waals surface area (Å²) in [6, 6.07) is 12.4. The first-order valence-corrected chi connectivity index (χ1v) is 13.0. The second kappa shape index (κ2) is 10.0. The second-order valence-corrected chi connectivity index (χ2v) is 10.2. The number of unbranched alkanes of at least 4 members (excludes halogenated alkanes) is 2. The van der Waals surface area contributed by atoms with E-state index in [9.17, 15) is 8.42 Å². The number of nitrogens with zero attached hydrogens (tertiary/aromatic N) is 1. The first kappa shape index (κ1) is 22.2. The van der Waals surface area contributed by atoms with Crippen molar-refractivity contribution in [3.05, 3.63) is 47.5 Å². The van der Waals surface area contributed by atoms with Crippen LogP contribution in [0.3, 0.4) is 0 Å². The van der Waals surface area contributed by atoms with Crippen molar-refractivity contribution in [1.29, 1.82) is 0 Å². The fourth-order valence-corrected chi connectivity index (χ4v) is 5.68. The summed E-state index contributed by atoms with van der Waals surface area (Å²) in [5, 5.41) is 1.53. The van der Waals surface area contributed by atoms with Crippen LogP contribution < -0.4 is 5.06 Å². The van der Waals surface area contributed by atoms with E-state index < -0.39 is 10.1 Å². The molecule has 0 radical (unpaired) electrons. The summed E-state index contributed by atoms with van der Waals surface area (Å²) < 4.78 is 30.7. The molecule has 4 nitrogen and oxygen atoms in total. The minimum absolute atomic E-state index is 0.00538. The molecule has 6 heteroatoms. The van der Waals surface area contributed by atoms with Gasteiger partial charge in [0.1, 0.15) is 0 Å². The molecule has 0 fully saturated rings. The second-order valence-electron chi connectivity index (χ2n) is 7.51. The standard InChI is InChI=1S/C23H31NO3S2/c1-4-7-10-18-14-15-20-22(17-18)28-23-19(11-8-5-2)12-9-13-21(23)24(20)27-29(25,26)16-6-3/h9,12-15,17H,4-8,10-11,16H2,1-3H3. The van der Waals surface area contributed by atoms with Crippen molar-refractivity contribution in [2.24, 2.45) is 0 Å². The molecule has 3 rings (SSSR count). The van der Waals surface area contributed by atoms with Crippen LogP contribution >= 0.6 is 11.8 Å². The molecule has 158 valence electrons. The maximum absolute atomic E-state index is 12.5. The third kappa shape index (κ3) is 5.36. The van der Waals surface area contributed by atoms with Gasteiger partial charge in [-0.2, -0.15) is 8.42 Å². The number of hydrogen-bond donors (Lipinski definition) is 0. The average molecular weight is 434 g/mol. The molecule has 0 atom stereocenters. The Kier molecular flexibility index (Phi) is 7.66. The van der Waals surface area contributed by atoms with Crippen molar-refractivity contribution in [3.8, 4) is 0 Å². The Morgan fingerprint density at radius 1 is 0.931 bits per heavy atom. The van der Waals surface area contributed by atoms with Crippen LogP contribution in [0.4, 0.5) is 11.4 Å². The summed E-state index contributed by atoms with van der Waals surface area (Å²) in [4.78, 5) is 2.16. The number of aryl methyl sites for hydroxylation is 2. The van der Waals surface area contributed by atoms with Gasteiger partial charge in [0.15, 0.2) is 0 Å². The molecule has 0 unspecified atom stereocenters. The summed E-state index contributed by atoms with van der Waals surface area (Å²) in [5.74, 6) is 0.00538. The monoisotopic (exact) mass is 433 g/mol. The van der Waals surface area contributed by atoms with Gasteiger partial charge < -0.3 is 0 Å². The molecule has 1 heterocycles. The normalized spacial score (nSPS) is 13.3. The van der Waals surface area contributed by atoms with E-state index in [1.54, 1.807) is 11.8 Å². The van der Waals surface area contributed by atoms with E-state index in [-0.39, 0.29) is 5.75 Å². The van der Waals surface area contributed by atoms with Gasteiger partial charge in [0.05, 0.1) is 17.1 Å². The van der Waals surface area contributed by atoms with E-state index in [0.29, 0.717) is 6.42 Å². The summed E-state index contributed by atoms with van der Waals surface area (Å²) in [6.45, 7) is 6.22. The Morgan fingerprint density at radius 3 is 2.41 bits per heavy atom. The molecule has 1 aliphatic heterocycles. The Hall–Kier alpha value is -1.50. The molecule has 0 saturated heterocycles. The summed E-state index contributed by atoms with van der Waals surface area (Å²) in [5.41, 5.74) is 4.15. The Labute approximate surface area is 179 Å². The molecule has 0 aromatic heterocycles. The lowest BCUT2D eigenvalue weighted by molar-refractivity contribution is 0.319. The topological polar surface area (TPSA) is 46.6 Å². The van der Waals surface area contributed by atoms with Crippen LogP contribution in [0.2, 0.25) is 0 Å². The van der Waals surface area contributed by atoms with Gasteiger partial charge in [0.2, 0.25) is 0 Å². The van der Waals surface area contributed by atoms with Gasteiger partial charge in [-0.1, -0.05) is 63.6 Å². The third-order valence-electron chi connectivity index (χ3n) is 5.01. The first-order chi connectivity index (χ1) is 14.0. The number of fused-ring (bicyclic) bond motifs is 2. The maximum Gasteiger partial charge on any atom is 0.288 e. The third-order valence-corrected chi connectivity index (χ3v) is 7.52. The molecular weight excluding hydrogens is 402 g/mol. The molecule has 29 heavy (non-hydrogen) atoms. The highest BCUT2D eigenvalue weighted by Gasteiger charge is 2.30. The quantitative estimate of drug-likeness (QED) is 0.420. The van der Waals surface area contributed by atoms with Gasteiger partial charge in [0, 0.05) is 9.79 Å². The summed E-state index contributed by atoms with van der Waals surface area (Å²) >= 11 is 1.73. The predicted molar refractivity (Wildman–Crippen MR) is 122 cm³/mol. The number of hydrogen-bond acceptors (Lipinski definition) is 5. The van der Waals surface area contributed by atoms with Crippen LogP contribution in [0.15, 0.2) is 46.2 Å². The molecule has 0 saturated carbocycles. The molecule has 1 aliphatic rings. The minimum atomic E-state index is -3.65. The van der Waals surface area contributed by atoms with E-state index in [1.165, 1.54) is 16.2 Å². The highest BCUT2D eigenvalue weighted by molar-refractivity contribution is 7.99. The Balaban J connectivity index is 2.05. The van der Waals surface area contributed by atoms with Crippen LogP contribution in [0.1, 0.15) is 64.0 Å². The van der Waals surface area contributed by atoms with Crippen LogP contribution in [0, 0.1) is 0 Å². The van der Waals surface area contributed by atoms with Crippen LogP contribution in [-0.4, -0.2) is 14.2 Å². The molecular formula is C23H31NO3S2. The van der Waals surface area contributed by atoms with E-state index in [0.717, 1.165) is 59.7 Å². The van der Waals surface area contributed by atoms with Gasteiger partial charge in [-0.05, 0) is 61.4 Å². The molecule has 2 aromatic rings. The van der Waals surface area contributed by atoms with E-state index in [1.807, 2.05) is 25.1 Å². The van der Waals surface area contributed by atoms with Crippen molar-refractivity contribution >= 4 is 33.3 Å². The Bertz CT molecular complexity index is 941. The van der Waals surface area contributed by atoms with Crippen molar-refractivity contribution < 1.29 is 12.7 Å². The first-order valence-electron chi connectivity index (χ1n) is 10.6. The van der Waals surface area contributed by atoms with Crippen molar-refractivity contribution in [2.45, 2.75) is 75.5 Å². The van der Waals surface area contributed by atoms with Gasteiger partial charge in [0.25, 0.3) is 10.1 Å². The van der Waals surface area contributed by atoms with E-state index in [2.05, 4.69) is 32.0 Å². The van der Waals surface area contributed by atoms with E-state index in [4.69, 9.17) is 4.28 Å². The zero-order valence-corrected chi connectivity index (χ0v) is 19.2. The zero-order chi connectivity index (χ0) is 20.9. The predicted octanol–water partition coefficient (Wildman–Crippen LogP) is 6.65. The van der Waals surface area contributed by atoms with Gasteiger partial charge in [-0.25, -0.2) is 5.06 Å². The molecule has 0 aliphatic carbocycles. The van der Waals surface area contributed by atoms with Crippen LogP contribution in [0.5, 0.6) is 0 Å². The highest BCUT2D eigenvalue weighted by atomic mass is 32.2. The fourth-order valence-electron chi connectivity index (χ4n) is 3.48. The lowest BCUT2D eigenvalue weighted by atomic mass is 10.1. The van der Waals surface area contributed by atoms with Crippen LogP contribution in [-0.2, 0) is 27.2 Å². The highest BCUT2D eigenvalue weighted by Crippen LogP contribution is 2.50. The molecule has 0 N–H and O–H groups in total.